The third kappa shape index (κ3) is 6.05. The number of nitrogens with one attached hydrogen (secondary N) is 1. The summed E-state index contributed by atoms with van der Waals surface area (Å²) in [5.74, 6) is -0.972. The van der Waals surface area contributed by atoms with Gasteiger partial charge in [0.2, 0.25) is 5.91 Å². The highest BCUT2D eigenvalue weighted by molar-refractivity contribution is 7.13. The lowest BCUT2D eigenvalue weighted by Gasteiger charge is -2.16. The fraction of sp³-hybridized carbons (Fsp3) is 0.308. The molecule has 0 saturated carbocycles. The number of hydrogen-bond acceptors (Lipinski definition) is 6. The topological polar surface area (TPSA) is 109 Å². The number of carboxylic acid groups (broad SMARTS) is 1. The molecule has 8 nitrogen and oxygen atoms in total. The first-order valence-corrected chi connectivity index (χ1v) is 12.3. The molecule has 0 spiro atoms. The number of rotatable bonds is 10. The SMILES string of the molecule is CN(CCCCC(=O)O)C(=O)Cc1csc(NC(=O)OCC2c3ccccc3-c3ccccc32)n1. The minimum atomic E-state index is -0.835. The van der Waals surface area contributed by atoms with Crippen molar-refractivity contribution in [1.29, 1.82) is 0 Å². The monoisotopic (exact) mass is 493 g/mol. The molecule has 0 aliphatic heterocycles. The molecule has 4 rings (SSSR count). The van der Waals surface area contributed by atoms with E-state index in [-0.39, 0.29) is 31.3 Å². The van der Waals surface area contributed by atoms with Crippen molar-refractivity contribution < 1.29 is 24.2 Å². The molecule has 3 aromatic rings. The number of carboxylic acids is 1. The van der Waals surface area contributed by atoms with Crippen molar-refractivity contribution in [1.82, 2.24) is 9.88 Å². The molecule has 1 aliphatic rings. The highest BCUT2D eigenvalue weighted by Gasteiger charge is 2.29. The summed E-state index contributed by atoms with van der Waals surface area (Å²) in [7, 11) is 1.69. The van der Waals surface area contributed by atoms with Crippen molar-refractivity contribution in [2.45, 2.75) is 31.6 Å². The van der Waals surface area contributed by atoms with Crippen LogP contribution in [-0.4, -0.2) is 53.2 Å². The maximum absolute atomic E-state index is 12.4. The Morgan fingerprint density at radius 1 is 1.06 bits per heavy atom. The van der Waals surface area contributed by atoms with Gasteiger partial charge in [0.15, 0.2) is 5.13 Å². The van der Waals surface area contributed by atoms with Gasteiger partial charge in [-0.05, 0) is 35.1 Å². The van der Waals surface area contributed by atoms with Crippen molar-refractivity contribution >= 4 is 34.4 Å². The molecule has 1 aliphatic carbocycles. The number of anilines is 1. The number of unbranched alkanes of at least 4 members (excludes halogenated alkanes) is 1. The summed E-state index contributed by atoms with van der Waals surface area (Å²) in [4.78, 5) is 41.3. The molecule has 0 bridgehead atoms. The maximum atomic E-state index is 12.4. The number of nitrogens with zero attached hydrogens (tertiary/aromatic N) is 2. The van der Waals surface area contributed by atoms with Gasteiger partial charge in [0.1, 0.15) is 6.61 Å². The van der Waals surface area contributed by atoms with Crippen molar-refractivity contribution in [2.75, 3.05) is 25.5 Å². The third-order valence-electron chi connectivity index (χ3n) is 6.00. The van der Waals surface area contributed by atoms with Gasteiger partial charge >= 0.3 is 12.1 Å². The normalized spacial score (nSPS) is 12.0. The molecule has 0 unspecified atom stereocenters. The van der Waals surface area contributed by atoms with E-state index in [4.69, 9.17) is 9.84 Å². The Bertz CT molecular complexity index is 1180. The van der Waals surface area contributed by atoms with Gasteiger partial charge in [-0.15, -0.1) is 11.3 Å². The zero-order valence-electron chi connectivity index (χ0n) is 19.4. The average Bonchev–Trinajstić information content (AvgIpc) is 3.42. The van der Waals surface area contributed by atoms with Crippen molar-refractivity contribution in [3.8, 4) is 11.1 Å². The summed E-state index contributed by atoms with van der Waals surface area (Å²) in [6.45, 7) is 0.699. The van der Waals surface area contributed by atoms with Crippen LogP contribution in [0.5, 0.6) is 0 Å². The number of carbonyl (C=O) groups is 3. The number of aliphatic carboxylic acids is 1. The molecule has 1 heterocycles. The van der Waals surface area contributed by atoms with E-state index in [0.717, 1.165) is 22.3 Å². The first kappa shape index (κ1) is 24.4. The van der Waals surface area contributed by atoms with E-state index in [9.17, 15) is 14.4 Å². The Kier molecular flexibility index (Phi) is 7.77. The fourth-order valence-electron chi connectivity index (χ4n) is 4.21. The quantitative estimate of drug-likeness (QED) is 0.394. The van der Waals surface area contributed by atoms with E-state index < -0.39 is 12.1 Å². The molecule has 35 heavy (non-hydrogen) atoms. The molecule has 2 N–H and O–H groups in total. The van der Waals surface area contributed by atoms with Crippen LogP contribution in [0.15, 0.2) is 53.9 Å². The van der Waals surface area contributed by atoms with E-state index in [1.54, 1.807) is 17.3 Å². The molecule has 182 valence electrons. The molecule has 0 fully saturated rings. The molecule has 2 aromatic carbocycles. The second kappa shape index (κ2) is 11.1. The number of amides is 2. The standard InChI is InChI=1S/C26H27N3O5S/c1-29(13-7-6-12-24(31)32)23(30)14-17-16-35-25(27-17)28-26(33)34-15-22-20-10-4-2-8-18(20)19-9-3-5-11-21(19)22/h2-5,8-11,16,22H,6-7,12-15H2,1H3,(H,31,32)(H,27,28,33). The van der Waals surface area contributed by atoms with E-state index in [2.05, 4.69) is 34.6 Å². The number of thiazole rings is 1. The van der Waals surface area contributed by atoms with Crippen LogP contribution in [0.2, 0.25) is 0 Å². The molecular formula is C26H27N3O5S. The molecule has 9 heteroatoms. The lowest BCUT2D eigenvalue weighted by Crippen LogP contribution is -2.29. The van der Waals surface area contributed by atoms with Gasteiger partial charge in [0.05, 0.1) is 12.1 Å². The van der Waals surface area contributed by atoms with Gasteiger partial charge < -0.3 is 14.7 Å². The highest BCUT2D eigenvalue weighted by atomic mass is 32.1. The lowest BCUT2D eigenvalue weighted by atomic mass is 9.98. The largest absolute Gasteiger partial charge is 0.481 e. The fourth-order valence-corrected chi connectivity index (χ4v) is 4.90. The van der Waals surface area contributed by atoms with Gasteiger partial charge in [-0.25, -0.2) is 9.78 Å². The van der Waals surface area contributed by atoms with Crippen LogP contribution in [0.25, 0.3) is 11.1 Å². The molecule has 1 aromatic heterocycles. The third-order valence-corrected chi connectivity index (χ3v) is 6.80. The Morgan fingerprint density at radius 2 is 1.71 bits per heavy atom. The number of hydrogen-bond donors (Lipinski definition) is 2. The van der Waals surface area contributed by atoms with Crippen LogP contribution >= 0.6 is 11.3 Å². The summed E-state index contributed by atoms with van der Waals surface area (Å²) in [5.41, 5.74) is 5.18. The number of benzene rings is 2. The predicted molar refractivity (Wildman–Crippen MR) is 134 cm³/mol. The van der Waals surface area contributed by atoms with Gasteiger partial charge in [-0.2, -0.15) is 0 Å². The zero-order chi connectivity index (χ0) is 24.8. The van der Waals surface area contributed by atoms with Crippen LogP contribution in [-0.2, 0) is 20.7 Å². The van der Waals surface area contributed by atoms with Crippen LogP contribution in [0.3, 0.4) is 0 Å². The number of likely N-dealkylation sites (N-methyl/N-ethyl adjacent to an activating group) is 1. The molecule has 0 radical (unpaired) electrons. The number of ether oxygens (including phenoxy) is 1. The predicted octanol–water partition coefficient (Wildman–Crippen LogP) is 4.76. The Morgan fingerprint density at radius 3 is 2.37 bits per heavy atom. The maximum Gasteiger partial charge on any atom is 0.413 e. The van der Waals surface area contributed by atoms with E-state index in [1.165, 1.54) is 11.3 Å². The highest BCUT2D eigenvalue weighted by Crippen LogP contribution is 2.44. The van der Waals surface area contributed by atoms with E-state index in [0.29, 0.717) is 30.2 Å². The molecule has 0 saturated heterocycles. The number of carbonyl (C=O) groups excluding carboxylic acids is 2. The van der Waals surface area contributed by atoms with E-state index >= 15 is 0 Å². The lowest BCUT2D eigenvalue weighted by molar-refractivity contribution is -0.137. The summed E-state index contributed by atoms with van der Waals surface area (Å²) < 4.78 is 5.54. The molecule has 0 atom stereocenters. The van der Waals surface area contributed by atoms with Gasteiger partial charge in [0.25, 0.3) is 0 Å². The first-order chi connectivity index (χ1) is 16.9. The van der Waals surface area contributed by atoms with Crippen LogP contribution in [0.4, 0.5) is 9.93 Å². The van der Waals surface area contributed by atoms with Gasteiger partial charge in [0, 0.05) is 31.3 Å². The van der Waals surface area contributed by atoms with Gasteiger partial charge in [-0.3, -0.25) is 14.9 Å². The second-order valence-electron chi connectivity index (χ2n) is 8.44. The Balaban J connectivity index is 1.27. The van der Waals surface area contributed by atoms with Crippen LogP contribution in [0.1, 0.15) is 42.0 Å². The Labute approximate surface area is 207 Å². The van der Waals surface area contributed by atoms with Crippen molar-refractivity contribution in [2.24, 2.45) is 0 Å². The number of fused-ring (bicyclic) bond motifs is 3. The summed E-state index contributed by atoms with van der Waals surface area (Å²) >= 11 is 1.23. The minimum absolute atomic E-state index is 0.0244. The van der Waals surface area contributed by atoms with Crippen LogP contribution < -0.4 is 5.32 Å². The summed E-state index contributed by atoms with van der Waals surface area (Å²) in [6, 6.07) is 16.3. The summed E-state index contributed by atoms with van der Waals surface area (Å²) in [5, 5.41) is 13.4. The smallest absolute Gasteiger partial charge is 0.413 e. The average molecular weight is 494 g/mol. The Hall–Kier alpha value is -3.72. The van der Waals surface area contributed by atoms with Gasteiger partial charge in [-0.1, -0.05) is 48.5 Å². The molecule has 2 amide bonds. The van der Waals surface area contributed by atoms with E-state index in [1.807, 2.05) is 24.3 Å². The second-order valence-corrected chi connectivity index (χ2v) is 9.30. The van der Waals surface area contributed by atoms with Crippen molar-refractivity contribution in [3.05, 3.63) is 70.7 Å². The van der Waals surface area contributed by atoms with Crippen molar-refractivity contribution in [3.63, 3.8) is 0 Å². The minimum Gasteiger partial charge on any atom is -0.481 e. The number of aromatic nitrogens is 1. The summed E-state index contributed by atoms with van der Waals surface area (Å²) in [6.07, 6.45) is 0.768. The zero-order valence-corrected chi connectivity index (χ0v) is 20.2. The molecular weight excluding hydrogens is 466 g/mol. The first-order valence-electron chi connectivity index (χ1n) is 11.4. The van der Waals surface area contributed by atoms with Crippen LogP contribution in [0, 0.1) is 0 Å².